The Balaban J connectivity index is 1.81. The van der Waals surface area contributed by atoms with Crippen LogP contribution >= 0.6 is 0 Å². The first-order chi connectivity index (χ1) is 12.6. The van der Waals surface area contributed by atoms with Gasteiger partial charge in [0.25, 0.3) is 5.91 Å². The summed E-state index contributed by atoms with van der Waals surface area (Å²) in [7, 11) is 1.79. The van der Waals surface area contributed by atoms with Crippen LogP contribution in [0.25, 0.3) is 11.1 Å². The standard InChI is InChI=1S/C23H21NO2/c1-17(25)18-12-14-20(15-13-18)23(26)24(2)16-21-10-6-7-11-22(21)19-8-4-3-5-9-19/h3-15H,16H2,1-2H3. The summed E-state index contributed by atoms with van der Waals surface area (Å²) >= 11 is 0. The molecule has 130 valence electrons. The van der Waals surface area contributed by atoms with E-state index in [9.17, 15) is 9.59 Å². The van der Waals surface area contributed by atoms with Crippen LogP contribution in [0, 0.1) is 0 Å². The molecule has 0 aromatic heterocycles. The summed E-state index contributed by atoms with van der Waals surface area (Å²) in [6, 6.07) is 25.1. The van der Waals surface area contributed by atoms with Gasteiger partial charge in [-0.2, -0.15) is 0 Å². The number of rotatable bonds is 5. The molecule has 0 aliphatic rings. The average Bonchev–Trinajstić information content (AvgIpc) is 2.68. The third kappa shape index (κ3) is 3.89. The summed E-state index contributed by atoms with van der Waals surface area (Å²) < 4.78 is 0. The van der Waals surface area contributed by atoms with Crippen LogP contribution in [0.15, 0.2) is 78.9 Å². The minimum absolute atomic E-state index is 0.00542. The van der Waals surface area contributed by atoms with E-state index in [1.165, 1.54) is 6.92 Å². The van der Waals surface area contributed by atoms with Crippen LogP contribution in [0.4, 0.5) is 0 Å². The van der Waals surface area contributed by atoms with Gasteiger partial charge in [0.15, 0.2) is 5.78 Å². The minimum Gasteiger partial charge on any atom is -0.337 e. The van der Waals surface area contributed by atoms with Crippen molar-refractivity contribution in [1.82, 2.24) is 4.90 Å². The van der Waals surface area contributed by atoms with E-state index in [1.54, 1.807) is 36.2 Å². The number of hydrogen-bond donors (Lipinski definition) is 0. The van der Waals surface area contributed by atoms with Crippen molar-refractivity contribution in [2.45, 2.75) is 13.5 Å². The fourth-order valence-electron chi connectivity index (χ4n) is 2.95. The lowest BCUT2D eigenvalue weighted by atomic mass is 9.99. The van der Waals surface area contributed by atoms with E-state index in [2.05, 4.69) is 18.2 Å². The predicted octanol–water partition coefficient (Wildman–Crippen LogP) is 4.83. The van der Waals surface area contributed by atoms with Crippen molar-refractivity contribution in [3.63, 3.8) is 0 Å². The van der Waals surface area contributed by atoms with Crippen LogP contribution in [0.3, 0.4) is 0 Å². The molecule has 0 aliphatic heterocycles. The zero-order valence-electron chi connectivity index (χ0n) is 15.0. The molecule has 0 saturated carbocycles. The molecule has 0 bridgehead atoms. The first-order valence-corrected chi connectivity index (χ1v) is 8.56. The Hall–Kier alpha value is -3.20. The van der Waals surface area contributed by atoms with Gasteiger partial charge in [0, 0.05) is 24.7 Å². The Morgan fingerprint density at radius 1 is 0.769 bits per heavy atom. The minimum atomic E-state index is -0.0667. The van der Waals surface area contributed by atoms with Crippen molar-refractivity contribution in [2.75, 3.05) is 7.05 Å². The average molecular weight is 343 g/mol. The summed E-state index contributed by atoms with van der Waals surface area (Å²) in [6.07, 6.45) is 0. The van der Waals surface area contributed by atoms with Gasteiger partial charge in [-0.15, -0.1) is 0 Å². The summed E-state index contributed by atoms with van der Waals surface area (Å²) in [5, 5.41) is 0. The van der Waals surface area contributed by atoms with Gasteiger partial charge in [-0.3, -0.25) is 9.59 Å². The topological polar surface area (TPSA) is 37.4 Å². The molecule has 3 heteroatoms. The highest BCUT2D eigenvalue weighted by Crippen LogP contribution is 2.24. The molecular formula is C23H21NO2. The zero-order chi connectivity index (χ0) is 18.5. The summed E-state index contributed by atoms with van der Waals surface area (Å²) in [5.74, 6) is -0.0721. The van der Waals surface area contributed by atoms with Gasteiger partial charge in [-0.1, -0.05) is 66.7 Å². The molecule has 3 rings (SSSR count). The summed E-state index contributed by atoms with van der Waals surface area (Å²) in [5.41, 5.74) is 4.54. The van der Waals surface area contributed by atoms with Crippen LogP contribution in [-0.4, -0.2) is 23.6 Å². The number of hydrogen-bond acceptors (Lipinski definition) is 2. The van der Waals surface area contributed by atoms with E-state index in [0.717, 1.165) is 16.7 Å². The lowest BCUT2D eigenvalue weighted by Gasteiger charge is -2.19. The van der Waals surface area contributed by atoms with Crippen molar-refractivity contribution in [3.8, 4) is 11.1 Å². The number of ketones is 1. The van der Waals surface area contributed by atoms with Crippen molar-refractivity contribution in [2.24, 2.45) is 0 Å². The highest BCUT2D eigenvalue weighted by molar-refractivity contribution is 5.97. The van der Waals surface area contributed by atoms with Gasteiger partial charge in [0.05, 0.1) is 0 Å². The first-order valence-electron chi connectivity index (χ1n) is 8.56. The molecule has 0 radical (unpaired) electrons. The number of carbonyl (C=O) groups is 2. The predicted molar refractivity (Wildman–Crippen MR) is 104 cm³/mol. The Kier molecular flexibility index (Phi) is 5.28. The van der Waals surface area contributed by atoms with Crippen LogP contribution in [0.2, 0.25) is 0 Å². The molecule has 0 heterocycles. The Bertz CT molecular complexity index is 914. The van der Waals surface area contributed by atoms with Gasteiger partial charge in [-0.25, -0.2) is 0 Å². The van der Waals surface area contributed by atoms with Crippen LogP contribution in [0.5, 0.6) is 0 Å². The second-order valence-corrected chi connectivity index (χ2v) is 6.32. The van der Waals surface area contributed by atoms with Crippen molar-refractivity contribution < 1.29 is 9.59 Å². The maximum Gasteiger partial charge on any atom is 0.253 e. The van der Waals surface area contributed by atoms with Crippen molar-refractivity contribution >= 4 is 11.7 Å². The molecule has 26 heavy (non-hydrogen) atoms. The molecule has 0 N–H and O–H groups in total. The Morgan fingerprint density at radius 2 is 1.35 bits per heavy atom. The normalized spacial score (nSPS) is 10.4. The van der Waals surface area contributed by atoms with Crippen molar-refractivity contribution in [1.29, 1.82) is 0 Å². The lowest BCUT2D eigenvalue weighted by molar-refractivity contribution is 0.0785. The molecule has 0 atom stereocenters. The maximum atomic E-state index is 12.7. The molecule has 0 unspecified atom stereocenters. The first kappa shape index (κ1) is 17.6. The molecule has 0 saturated heterocycles. The number of amides is 1. The highest BCUT2D eigenvalue weighted by Gasteiger charge is 2.14. The molecule has 3 aromatic rings. The third-order valence-electron chi connectivity index (χ3n) is 4.39. The van der Waals surface area contributed by atoms with E-state index in [0.29, 0.717) is 17.7 Å². The van der Waals surface area contributed by atoms with Crippen LogP contribution < -0.4 is 0 Å². The second-order valence-electron chi connectivity index (χ2n) is 6.32. The second kappa shape index (κ2) is 7.79. The number of benzene rings is 3. The largest absolute Gasteiger partial charge is 0.337 e. The fraction of sp³-hybridized carbons (Fsp3) is 0.130. The van der Waals surface area contributed by atoms with Crippen molar-refractivity contribution in [3.05, 3.63) is 95.6 Å². The zero-order valence-corrected chi connectivity index (χ0v) is 15.0. The van der Waals surface area contributed by atoms with E-state index in [1.807, 2.05) is 36.4 Å². The Labute approximate surface area is 153 Å². The highest BCUT2D eigenvalue weighted by atomic mass is 16.2. The lowest BCUT2D eigenvalue weighted by Crippen LogP contribution is -2.26. The van der Waals surface area contributed by atoms with Gasteiger partial charge in [-0.05, 0) is 35.7 Å². The molecule has 0 spiro atoms. The van der Waals surface area contributed by atoms with E-state index < -0.39 is 0 Å². The number of Topliss-reactive ketones (excluding diaryl/α,β-unsaturated/α-hetero) is 1. The molecule has 3 aromatic carbocycles. The van der Waals surface area contributed by atoms with E-state index in [-0.39, 0.29) is 11.7 Å². The summed E-state index contributed by atoms with van der Waals surface area (Å²) in [4.78, 5) is 25.8. The van der Waals surface area contributed by atoms with E-state index in [4.69, 9.17) is 0 Å². The van der Waals surface area contributed by atoms with Gasteiger partial charge >= 0.3 is 0 Å². The van der Waals surface area contributed by atoms with Crippen LogP contribution in [0.1, 0.15) is 33.2 Å². The molecule has 0 fully saturated rings. The number of carbonyl (C=O) groups excluding carboxylic acids is 2. The number of nitrogens with zero attached hydrogens (tertiary/aromatic N) is 1. The fourth-order valence-corrected chi connectivity index (χ4v) is 2.95. The molecular weight excluding hydrogens is 322 g/mol. The third-order valence-corrected chi connectivity index (χ3v) is 4.39. The molecule has 0 aliphatic carbocycles. The SMILES string of the molecule is CC(=O)c1ccc(C(=O)N(C)Cc2ccccc2-c2ccccc2)cc1. The van der Waals surface area contributed by atoms with Crippen LogP contribution in [-0.2, 0) is 6.54 Å². The maximum absolute atomic E-state index is 12.7. The van der Waals surface area contributed by atoms with E-state index >= 15 is 0 Å². The van der Waals surface area contributed by atoms with Gasteiger partial charge in [0.1, 0.15) is 0 Å². The smallest absolute Gasteiger partial charge is 0.253 e. The summed E-state index contributed by atoms with van der Waals surface area (Å²) in [6.45, 7) is 2.03. The molecule has 3 nitrogen and oxygen atoms in total. The molecule has 1 amide bonds. The monoisotopic (exact) mass is 343 g/mol. The Morgan fingerprint density at radius 3 is 2.00 bits per heavy atom. The quantitative estimate of drug-likeness (QED) is 0.622. The van der Waals surface area contributed by atoms with Gasteiger partial charge in [0.2, 0.25) is 0 Å². The van der Waals surface area contributed by atoms with Gasteiger partial charge < -0.3 is 4.90 Å².